The Hall–Kier alpha value is 0.0100. The first-order valence-corrected chi connectivity index (χ1v) is 15.0. The second kappa shape index (κ2) is 26.6. The van der Waals surface area contributed by atoms with Crippen molar-refractivity contribution in [1.82, 2.24) is 0 Å². The first-order valence-electron chi connectivity index (χ1n) is 13.5. The van der Waals surface area contributed by atoms with Gasteiger partial charge in [0.15, 0.2) is 6.10 Å². The average Bonchev–Trinajstić information content (AvgIpc) is 2.83. The number of nitrogens with two attached hydrogens (primary N) is 1. The second-order valence-corrected chi connectivity index (χ2v) is 10.3. The van der Waals surface area contributed by atoms with Gasteiger partial charge in [0.25, 0.3) is 7.82 Å². The van der Waals surface area contributed by atoms with Crippen molar-refractivity contribution in [2.75, 3.05) is 26.4 Å². The molecular weight excluding hydrogens is 496 g/mol. The van der Waals surface area contributed by atoms with E-state index in [2.05, 4.69) is 18.4 Å². The molecule has 0 aromatic heterocycles. The number of rotatable bonds is 25. The Labute approximate surface area is 240 Å². The van der Waals surface area contributed by atoms with E-state index in [9.17, 15) is 19.0 Å². The van der Waals surface area contributed by atoms with Crippen LogP contribution in [-0.2, 0) is 32.7 Å². The van der Waals surface area contributed by atoms with Gasteiger partial charge in [-0.05, 0) is 12.8 Å². The van der Waals surface area contributed by atoms with Crippen molar-refractivity contribution in [1.29, 1.82) is 0 Å². The predicted octanol–water partition coefficient (Wildman–Crippen LogP) is 2.19. The van der Waals surface area contributed by atoms with E-state index in [0.717, 1.165) is 38.5 Å². The maximum Gasteiger partial charge on any atom is 1.00 e. The van der Waals surface area contributed by atoms with E-state index in [0.29, 0.717) is 6.42 Å². The van der Waals surface area contributed by atoms with Crippen molar-refractivity contribution < 1.29 is 67.1 Å². The van der Waals surface area contributed by atoms with Gasteiger partial charge >= 0.3 is 41.5 Å². The molecule has 36 heavy (non-hydrogen) atoms. The Morgan fingerprint density at radius 1 is 0.750 bits per heavy atom. The zero-order chi connectivity index (χ0) is 26.2. The SMILES string of the molecule is CCCCCCCCCC(=O)OC[C@H](COP(=O)([O-])OCCN)OC(=O)CCCCCCCCC.[Na+]. The maximum atomic E-state index is 12.2. The molecule has 11 heteroatoms. The molecule has 0 amide bonds. The van der Waals surface area contributed by atoms with Gasteiger partial charge in [-0.2, -0.15) is 0 Å². The summed E-state index contributed by atoms with van der Waals surface area (Å²) >= 11 is 0. The molecule has 0 heterocycles. The zero-order valence-electron chi connectivity index (χ0n) is 23.0. The van der Waals surface area contributed by atoms with Crippen molar-refractivity contribution >= 4 is 19.8 Å². The maximum absolute atomic E-state index is 12.2. The summed E-state index contributed by atoms with van der Waals surface area (Å²) in [7, 11) is -4.59. The third kappa shape index (κ3) is 25.7. The number of phosphoric ester groups is 1. The van der Waals surface area contributed by atoms with Crippen molar-refractivity contribution in [2.45, 2.75) is 123 Å². The van der Waals surface area contributed by atoms with Crippen LogP contribution < -0.4 is 40.2 Å². The molecule has 0 aromatic carbocycles. The van der Waals surface area contributed by atoms with Crippen molar-refractivity contribution in [3.63, 3.8) is 0 Å². The molecule has 0 bridgehead atoms. The van der Waals surface area contributed by atoms with E-state index in [-0.39, 0.29) is 62.2 Å². The minimum Gasteiger partial charge on any atom is -0.756 e. The van der Waals surface area contributed by atoms with E-state index >= 15 is 0 Å². The molecule has 0 aliphatic carbocycles. The van der Waals surface area contributed by atoms with Crippen LogP contribution in [0.25, 0.3) is 0 Å². The molecular formula is C25H49NNaO8P. The molecule has 0 spiro atoms. The monoisotopic (exact) mass is 545 g/mol. The smallest absolute Gasteiger partial charge is 0.756 e. The van der Waals surface area contributed by atoms with Crippen LogP contribution in [0.1, 0.15) is 117 Å². The minimum absolute atomic E-state index is 0. The summed E-state index contributed by atoms with van der Waals surface area (Å²) in [6.45, 7) is 3.39. The van der Waals surface area contributed by atoms with E-state index in [1.165, 1.54) is 44.9 Å². The summed E-state index contributed by atoms with van der Waals surface area (Å²) in [5.41, 5.74) is 5.24. The second-order valence-electron chi connectivity index (χ2n) is 8.90. The van der Waals surface area contributed by atoms with Gasteiger partial charge in [0, 0.05) is 19.4 Å². The number of carbonyl (C=O) groups is 2. The number of esters is 2. The van der Waals surface area contributed by atoms with Crippen LogP contribution in [0.15, 0.2) is 0 Å². The molecule has 9 nitrogen and oxygen atoms in total. The van der Waals surface area contributed by atoms with Gasteiger partial charge < -0.3 is 29.1 Å². The molecule has 1 unspecified atom stereocenters. The van der Waals surface area contributed by atoms with Gasteiger partial charge in [-0.15, -0.1) is 0 Å². The van der Waals surface area contributed by atoms with E-state index in [4.69, 9.17) is 19.7 Å². The summed E-state index contributed by atoms with van der Waals surface area (Å²) in [4.78, 5) is 36.1. The first kappa shape index (κ1) is 38.2. The number of ether oxygens (including phenoxy) is 2. The van der Waals surface area contributed by atoms with Crippen molar-refractivity contribution in [3.8, 4) is 0 Å². The van der Waals surface area contributed by atoms with Crippen LogP contribution >= 0.6 is 7.82 Å². The Morgan fingerprint density at radius 2 is 1.22 bits per heavy atom. The van der Waals surface area contributed by atoms with Gasteiger partial charge in [0.1, 0.15) is 6.61 Å². The summed E-state index contributed by atoms with van der Waals surface area (Å²) in [6.07, 6.45) is 14.5. The number of phosphoric acid groups is 1. The predicted molar refractivity (Wildman–Crippen MR) is 135 cm³/mol. The molecule has 2 atom stereocenters. The van der Waals surface area contributed by atoms with Crippen LogP contribution in [0.2, 0.25) is 0 Å². The first-order chi connectivity index (χ1) is 16.8. The third-order valence-electron chi connectivity index (χ3n) is 5.48. The summed E-state index contributed by atoms with van der Waals surface area (Å²) in [5.74, 6) is -0.879. The fraction of sp³-hybridized carbons (Fsp3) is 0.920. The number of unbranched alkanes of at least 4 members (excludes halogenated alkanes) is 12. The summed E-state index contributed by atoms with van der Waals surface area (Å²) < 4.78 is 31.7. The standard InChI is InChI=1S/C25H50NO8P.Na/c1-3-5-7-9-11-13-15-17-24(27)31-21-23(22-33-35(29,30)32-20-19-26)34-25(28)18-16-14-12-10-8-6-4-2;/h23H,3-22,26H2,1-2H3,(H,29,30);/q;+1/p-1/t23-;/m1./s1. The Bertz CT molecular complexity index is 582. The van der Waals surface area contributed by atoms with Crippen LogP contribution in [0, 0.1) is 0 Å². The van der Waals surface area contributed by atoms with E-state index in [1.807, 2.05) is 0 Å². The normalized spacial score (nSPS) is 13.4. The quantitative estimate of drug-likeness (QED) is 0.0792. The Balaban J connectivity index is 0. The van der Waals surface area contributed by atoms with E-state index in [1.54, 1.807) is 0 Å². The van der Waals surface area contributed by atoms with Gasteiger partial charge in [-0.1, -0.05) is 90.9 Å². The molecule has 0 aliphatic heterocycles. The van der Waals surface area contributed by atoms with E-state index < -0.39 is 32.5 Å². The summed E-state index contributed by atoms with van der Waals surface area (Å²) in [6, 6.07) is 0. The fourth-order valence-corrected chi connectivity index (χ4v) is 4.20. The van der Waals surface area contributed by atoms with Gasteiger partial charge in [0.05, 0.1) is 13.2 Å². The molecule has 0 rings (SSSR count). The van der Waals surface area contributed by atoms with Crippen LogP contribution in [0.4, 0.5) is 0 Å². The molecule has 0 aromatic rings. The number of carbonyl (C=O) groups excluding carboxylic acids is 2. The minimum atomic E-state index is -4.59. The van der Waals surface area contributed by atoms with Gasteiger partial charge in [-0.3, -0.25) is 14.2 Å². The molecule has 0 saturated carbocycles. The largest absolute Gasteiger partial charge is 1.00 e. The summed E-state index contributed by atoms with van der Waals surface area (Å²) in [5, 5.41) is 0. The molecule has 0 radical (unpaired) electrons. The van der Waals surface area contributed by atoms with Crippen LogP contribution in [-0.4, -0.2) is 44.4 Å². The topological polar surface area (TPSA) is 137 Å². The average molecular weight is 546 g/mol. The van der Waals surface area contributed by atoms with Gasteiger partial charge in [-0.25, -0.2) is 0 Å². The number of hydrogen-bond acceptors (Lipinski definition) is 9. The molecule has 0 saturated heterocycles. The Kier molecular flexibility index (Phi) is 28.2. The van der Waals surface area contributed by atoms with Crippen LogP contribution in [0.5, 0.6) is 0 Å². The third-order valence-corrected chi connectivity index (χ3v) is 6.45. The molecule has 2 N–H and O–H groups in total. The van der Waals surface area contributed by atoms with Crippen molar-refractivity contribution in [3.05, 3.63) is 0 Å². The molecule has 208 valence electrons. The molecule has 0 aliphatic rings. The van der Waals surface area contributed by atoms with Gasteiger partial charge in [0.2, 0.25) is 0 Å². The number of hydrogen-bond donors (Lipinski definition) is 1. The van der Waals surface area contributed by atoms with Crippen molar-refractivity contribution in [2.24, 2.45) is 5.73 Å². The fourth-order valence-electron chi connectivity index (χ4n) is 3.45. The zero-order valence-corrected chi connectivity index (χ0v) is 25.9. The Morgan fingerprint density at radius 3 is 1.72 bits per heavy atom. The van der Waals surface area contributed by atoms with Crippen LogP contribution in [0.3, 0.4) is 0 Å². The molecule has 0 fully saturated rings.